The molecule has 7 nitrogen and oxygen atoms in total. The van der Waals surface area contributed by atoms with Gasteiger partial charge in [0.15, 0.2) is 0 Å². The maximum absolute atomic E-state index is 13.5. The highest BCUT2D eigenvalue weighted by molar-refractivity contribution is 7.89. The molecule has 1 saturated heterocycles. The molecule has 9 heteroatoms. The lowest BCUT2D eigenvalue weighted by atomic mass is 9.97. The first-order valence-corrected chi connectivity index (χ1v) is 13.2. The molecule has 1 aromatic heterocycles. The molecule has 3 rings (SSSR count). The molecule has 0 atom stereocenters. The number of benzene rings is 1. The summed E-state index contributed by atoms with van der Waals surface area (Å²) in [6.07, 6.45) is 0.843. The molecule has 2 heterocycles. The van der Waals surface area contributed by atoms with Crippen molar-refractivity contribution in [3.05, 3.63) is 44.3 Å². The second-order valence-electron chi connectivity index (χ2n) is 8.74. The smallest absolute Gasteiger partial charge is 0.341 e. The number of nitrogens with zero attached hydrogens (tertiary/aromatic N) is 1. The molecular formula is C24H32N2O5S2. The number of ether oxygens (including phenoxy) is 1. The maximum Gasteiger partial charge on any atom is 0.341 e. The summed E-state index contributed by atoms with van der Waals surface area (Å²) < 4.78 is 33.3. The van der Waals surface area contributed by atoms with Crippen LogP contribution in [-0.2, 0) is 19.6 Å². The Labute approximate surface area is 200 Å². The zero-order valence-electron chi connectivity index (χ0n) is 20.3. The molecule has 1 aliphatic heterocycles. The maximum atomic E-state index is 13.5. The van der Waals surface area contributed by atoms with E-state index in [0.29, 0.717) is 28.3 Å². The highest BCUT2D eigenvalue weighted by atomic mass is 32.2. The number of amides is 1. The number of esters is 1. The number of methoxy groups -OCH3 is 1. The van der Waals surface area contributed by atoms with E-state index in [4.69, 9.17) is 4.74 Å². The van der Waals surface area contributed by atoms with Crippen LogP contribution in [0, 0.1) is 47.5 Å². The molecule has 33 heavy (non-hydrogen) atoms. The van der Waals surface area contributed by atoms with E-state index < -0.39 is 16.0 Å². The standard InChI is InChI=1S/C24H32N2O5S2/c1-13-12-14(2)16(4)21(15(13)3)33(29,30)26-10-8-19(9-11-26)22(27)25-23-20(24(28)31-7)17(5)18(6)32-23/h12,19H,8-11H2,1-7H3,(H,25,27). The first-order chi connectivity index (χ1) is 15.4. The third-order valence-electron chi connectivity index (χ3n) is 6.73. The van der Waals surface area contributed by atoms with Crippen molar-refractivity contribution >= 4 is 38.2 Å². The van der Waals surface area contributed by atoms with Gasteiger partial charge in [-0.1, -0.05) is 6.07 Å². The molecule has 180 valence electrons. The van der Waals surface area contributed by atoms with Crippen molar-refractivity contribution in [2.75, 3.05) is 25.5 Å². The Morgan fingerprint density at radius 3 is 2.06 bits per heavy atom. The quantitative estimate of drug-likeness (QED) is 0.624. The van der Waals surface area contributed by atoms with E-state index in [1.54, 1.807) is 0 Å². The number of sulfonamides is 1. The second-order valence-corrected chi connectivity index (χ2v) is 11.8. The molecule has 1 aliphatic rings. The van der Waals surface area contributed by atoms with Gasteiger partial charge in [0.25, 0.3) is 0 Å². The number of nitrogens with one attached hydrogen (secondary N) is 1. The van der Waals surface area contributed by atoms with Crippen molar-refractivity contribution in [3.8, 4) is 0 Å². The van der Waals surface area contributed by atoms with Crippen LogP contribution in [0.5, 0.6) is 0 Å². The van der Waals surface area contributed by atoms with Crippen molar-refractivity contribution in [2.24, 2.45) is 5.92 Å². The Balaban J connectivity index is 1.75. The van der Waals surface area contributed by atoms with Crippen LogP contribution < -0.4 is 5.32 Å². The summed E-state index contributed by atoms with van der Waals surface area (Å²) in [5.74, 6) is -1.00. The topological polar surface area (TPSA) is 92.8 Å². The predicted octanol–water partition coefficient (Wildman–Crippen LogP) is 4.42. The van der Waals surface area contributed by atoms with Crippen molar-refractivity contribution in [3.63, 3.8) is 0 Å². The summed E-state index contributed by atoms with van der Waals surface area (Å²) in [7, 11) is -2.34. The van der Waals surface area contributed by atoms with Crippen LogP contribution in [0.15, 0.2) is 11.0 Å². The van der Waals surface area contributed by atoms with E-state index in [0.717, 1.165) is 32.7 Å². The monoisotopic (exact) mass is 492 g/mol. The number of aryl methyl sites for hydroxylation is 3. The van der Waals surface area contributed by atoms with Gasteiger partial charge in [-0.3, -0.25) is 4.79 Å². The number of carbonyl (C=O) groups excluding carboxylic acids is 2. The third-order valence-corrected chi connectivity index (χ3v) is 10.0. The number of hydrogen-bond acceptors (Lipinski definition) is 6. The van der Waals surface area contributed by atoms with Gasteiger partial charge in [-0.15, -0.1) is 11.3 Å². The predicted molar refractivity (Wildman–Crippen MR) is 131 cm³/mol. The fraction of sp³-hybridized carbons (Fsp3) is 0.500. The zero-order valence-corrected chi connectivity index (χ0v) is 21.9. The number of carbonyl (C=O) groups is 2. The van der Waals surface area contributed by atoms with Gasteiger partial charge in [-0.2, -0.15) is 4.31 Å². The van der Waals surface area contributed by atoms with Gasteiger partial charge < -0.3 is 10.1 Å². The Bertz CT molecular complexity index is 1180. The van der Waals surface area contributed by atoms with Crippen molar-refractivity contribution in [2.45, 2.75) is 59.3 Å². The van der Waals surface area contributed by atoms with Crippen LogP contribution in [0.2, 0.25) is 0 Å². The molecule has 1 fully saturated rings. The van der Waals surface area contributed by atoms with E-state index in [1.807, 2.05) is 47.6 Å². The van der Waals surface area contributed by atoms with Crippen molar-refractivity contribution in [1.82, 2.24) is 4.31 Å². The minimum absolute atomic E-state index is 0.197. The van der Waals surface area contributed by atoms with Crippen molar-refractivity contribution < 1.29 is 22.7 Å². The number of piperidine rings is 1. The van der Waals surface area contributed by atoms with Crippen LogP contribution in [0.25, 0.3) is 0 Å². The molecule has 0 aliphatic carbocycles. The zero-order chi connectivity index (χ0) is 24.7. The molecular weight excluding hydrogens is 460 g/mol. The highest BCUT2D eigenvalue weighted by Crippen LogP contribution is 2.35. The van der Waals surface area contributed by atoms with Gasteiger partial charge in [0.05, 0.1) is 17.6 Å². The molecule has 1 N–H and O–H groups in total. The molecule has 1 amide bonds. The fourth-order valence-electron chi connectivity index (χ4n) is 4.33. The normalized spacial score (nSPS) is 15.5. The van der Waals surface area contributed by atoms with E-state index >= 15 is 0 Å². The summed E-state index contributed by atoms with van der Waals surface area (Å²) in [5, 5.41) is 3.37. The Morgan fingerprint density at radius 1 is 1.00 bits per heavy atom. The Morgan fingerprint density at radius 2 is 1.55 bits per heavy atom. The van der Waals surface area contributed by atoms with Gasteiger partial charge in [0.1, 0.15) is 5.00 Å². The number of thiophene rings is 1. The highest BCUT2D eigenvalue weighted by Gasteiger charge is 2.35. The fourth-order valence-corrected chi connectivity index (χ4v) is 7.43. The Hall–Kier alpha value is -2.23. The molecule has 0 unspecified atom stereocenters. The van der Waals surface area contributed by atoms with Crippen LogP contribution in [0.4, 0.5) is 5.00 Å². The summed E-state index contributed by atoms with van der Waals surface area (Å²) in [6.45, 7) is 11.8. The van der Waals surface area contributed by atoms with E-state index in [1.165, 1.54) is 22.8 Å². The SMILES string of the molecule is COC(=O)c1c(NC(=O)C2CCN(S(=O)(=O)c3c(C)c(C)cc(C)c3C)CC2)sc(C)c1C. The Kier molecular flexibility index (Phi) is 7.36. The lowest BCUT2D eigenvalue weighted by Gasteiger charge is -2.31. The van der Waals surface area contributed by atoms with Crippen molar-refractivity contribution in [1.29, 1.82) is 0 Å². The third kappa shape index (κ3) is 4.72. The van der Waals surface area contributed by atoms with Gasteiger partial charge in [0.2, 0.25) is 15.9 Å². The van der Waals surface area contributed by atoms with E-state index in [9.17, 15) is 18.0 Å². The molecule has 1 aromatic carbocycles. The number of rotatable bonds is 5. The van der Waals surface area contributed by atoms with Crippen LogP contribution >= 0.6 is 11.3 Å². The van der Waals surface area contributed by atoms with Gasteiger partial charge in [-0.05, 0) is 82.2 Å². The molecule has 0 spiro atoms. The molecule has 0 saturated carbocycles. The van der Waals surface area contributed by atoms with Gasteiger partial charge >= 0.3 is 5.97 Å². The lowest BCUT2D eigenvalue weighted by Crippen LogP contribution is -2.42. The summed E-state index contributed by atoms with van der Waals surface area (Å²) in [6, 6.07) is 2.01. The summed E-state index contributed by atoms with van der Waals surface area (Å²) in [4.78, 5) is 26.4. The van der Waals surface area contributed by atoms with Crippen LogP contribution in [-0.4, -0.2) is 44.8 Å². The molecule has 0 radical (unpaired) electrons. The first kappa shape index (κ1) is 25.4. The van der Waals surface area contributed by atoms with Gasteiger partial charge in [0, 0.05) is 23.9 Å². The second kappa shape index (κ2) is 9.56. The number of anilines is 1. The van der Waals surface area contributed by atoms with Crippen LogP contribution in [0.1, 0.15) is 55.9 Å². The minimum atomic E-state index is -3.66. The summed E-state index contributed by atoms with van der Waals surface area (Å²) in [5.41, 5.74) is 4.63. The first-order valence-electron chi connectivity index (χ1n) is 11.0. The van der Waals surface area contributed by atoms with E-state index in [-0.39, 0.29) is 24.9 Å². The average Bonchev–Trinajstić information content (AvgIpc) is 3.04. The average molecular weight is 493 g/mol. The van der Waals surface area contributed by atoms with Gasteiger partial charge in [-0.25, -0.2) is 13.2 Å². The van der Waals surface area contributed by atoms with E-state index in [2.05, 4.69) is 5.32 Å². The van der Waals surface area contributed by atoms with Crippen LogP contribution in [0.3, 0.4) is 0 Å². The number of hydrogen-bond donors (Lipinski definition) is 1. The summed E-state index contributed by atoms with van der Waals surface area (Å²) >= 11 is 1.35. The largest absolute Gasteiger partial charge is 0.465 e. The minimum Gasteiger partial charge on any atom is -0.465 e. The molecule has 2 aromatic rings. The lowest BCUT2D eigenvalue weighted by molar-refractivity contribution is -0.120. The molecule has 0 bridgehead atoms.